The van der Waals surface area contributed by atoms with Crippen LogP contribution in [0, 0.1) is 18.8 Å². The van der Waals surface area contributed by atoms with Gasteiger partial charge >= 0.3 is 0 Å². The van der Waals surface area contributed by atoms with E-state index >= 15 is 0 Å². The van der Waals surface area contributed by atoms with Gasteiger partial charge in [-0.15, -0.1) is 0 Å². The second-order valence-corrected chi connectivity index (χ2v) is 11.9. The molecular formula is C26H32N4O2S2. The van der Waals surface area contributed by atoms with Gasteiger partial charge in [0.25, 0.3) is 11.5 Å². The Bertz CT molecular complexity index is 1220. The van der Waals surface area contributed by atoms with Gasteiger partial charge in [-0.1, -0.05) is 63.2 Å². The third-order valence-electron chi connectivity index (χ3n) is 7.27. The van der Waals surface area contributed by atoms with E-state index in [9.17, 15) is 9.59 Å². The second-order valence-electron chi connectivity index (χ2n) is 10.2. The number of carbonyl (C=O) groups excluding carboxylic acids is 1. The van der Waals surface area contributed by atoms with Crippen molar-refractivity contribution in [1.29, 1.82) is 0 Å². The molecule has 0 bridgehead atoms. The highest BCUT2D eigenvalue weighted by molar-refractivity contribution is 8.26. The number of nitrogens with zero attached hydrogens (tertiary/aromatic N) is 4. The summed E-state index contributed by atoms with van der Waals surface area (Å²) in [7, 11) is 0. The number of fused-ring (bicyclic) bond motifs is 1. The summed E-state index contributed by atoms with van der Waals surface area (Å²) in [6, 6.07) is 4.01. The normalized spacial score (nSPS) is 25.7. The summed E-state index contributed by atoms with van der Waals surface area (Å²) in [6.07, 6.45) is 10.1. The van der Waals surface area contributed by atoms with Gasteiger partial charge < -0.3 is 4.90 Å². The molecule has 0 unspecified atom stereocenters. The molecule has 3 fully saturated rings. The quantitative estimate of drug-likeness (QED) is 0.439. The van der Waals surface area contributed by atoms with Crippen molar-refractivity contribution >= 4 is 51.7 Å². The van der Waals surface area contributed by atoms with Crippen molar-refractivity contribution in [3.63, 3.8) is 0 Å². The summed E-state index contributed by atoms with van der Waals surface area (Å²) in [5.41, 5.74) is 1.96. The summed E-state index contributed by atoms with van der Waals surface area (Å²) in [4.78, 5) is 36.8. The maximum absolute atomic E-state index is 13.8. The lowest BCUT2D eigenvalue weighted by Crippen LogP contribution is -2.41. The number of aryl methyl sites for hydroxylation is 1. The van der Waals surface area contributed by atoms with Crippen molar-refractivity contribution in [2.24, 2.45) is 11.8 Å². The summed E-state index contributed by atoms with van der Waals surface area (Å²) < 4.78 is 2.21. The van der Waals surface area contributed by atoms with Gasteiger partial charge in [0.2, 0.25) is 0 Å². The van der Waals surface area contributed by atoms with Crippen LogP contribution in [0.3, 0.4) is 0 Å². The molecule has 4 heterocycles. The molecule has 1 aliphatic carbocycles. The molecule has 2 saturated heterocycles. The standard InChI is InChI=1S/C26H32N4O2S2/c1-16-12-17(2)15-28(14-16)23-20(24(31)29-11-7-8-18(3)22(29)27-23)13-21-25(32)30(26(33)34-21)19-9-5-4-6-10-19/h7-8,11,13,16-17,19H,4-6,9-10,12,14-15H2,1-3H3/b21-13-/t16-,17-/m0/s1. The molecule has 2 aliphatic heterocycles. The lowest BCUT2D eigenvalue weighted by molar-refractivity contribution is -0.124. The van der Waals surface area contributed by atoms with E-state index in [1.165, 1.54) is 18.2 Å². The van der Waals surface area contributed by atoms with Gasteiger partial charge in [0.1, 0.15) is 15.8 Å². The van der Waals surface area contributed by atoms with Crippen molar-refractivity contribution in [3.05, 3.63) is 44.7 Å². The number of thioether (sulfide) groups is 1. The van der Waals surface area contributed by atoms with Crippen molar-refractivity contribution < 1.29 is 4.79 Å². The molecule has 5 rings (SSSR count). The third-order valence-corrected chi connectivity index (χ3v) is 8.60. The first kappa shape index (κ1) is 23.5. The Morgan fingerprint density at radius 1 is 1.12 bits per heavy atom. The number of hydrogen-bond donors (Lipinski definition) is 0. The van der Waals surface area contributed by atoms with Crippen LogP contribution in [0.5, 0.6) is 0 Å². The van der Waals surface area contributed by atoms with Crippen LogP contribution in [0.2, 0.25) is 0 Å². The highest BCUT2D eigenvalue weighted by Crippen LogP contribution is 2.38. The number of piperidine rings is 1. The maximum Gasteiger partial charge on any atom is 0.267 e. The molecular weight excluding hydrogens is 464 g/mol. The fourth-order valence-corrected chi connectivity index (χ4v) is 7.15. The fourth-order valence-electron chi connectivity index (χ4n) is 5.77. The zero-order valence-electron chi connectivity index (χ0n) is 20.1. The number of amides is 1. The predicted octanol–water partition coefficient (Wildman–Crippen LogP) is 5.02. The van der Waals surface area contributed by atoms with E-state index in [0.29, 0.717) is 38.1 Å². The van der Waals surface area contributed by atoms with Gasteiger partial charge in [0.05, 0.1) is 10.5 Å². The molecule has 180 valence electrons. The Morgan fingerprint density at radius 2 is 1.82 bits per heavy atom. The van der Waals surface area contributed by atoms with Gasteiger partial charge in [-0.3, -0.25) is 18.9 Å². The molecule has 8 heteroatoms. The van der Waals surface area contributed by atoms with Crippen LogP contribution in [0.1, 0.15) is 63.5 Å². The first-order valence-corrected chi connectivity index (χ1v) is 13.6. The van der Waals surface area contributed by atoms with Crippen molar-refractivity contribution in [1.82, 2.24) is 14.3 Å². The fraction of sp³-hybridized carbons (Fsp3) is 0.538. The van der Waals surface area contributed by atoms with Crippen molar-refractivity contribution in [3.8, 4) is 0 Å². The molecule has 2 atom stereocenters. The molecule has 1 saturated carbocycles. The van der Waals surface area contributed by atoms with Crippen LogP contribution in [0.25, 0.3) is 11.7 Å². The van der Waals surface area contributed by atoms with E-state index in [4.69, 9.17) is 17.2 Å². The van der Waals surface area contributed by atoms with Crippen LogP contribution in [0.15, 0.2) is 28.0 Å². The molecule has 0 aromatic carbocycles. The Balaban J connectivity index is 1.62. The van der Waals surface area contributed by atoms with Crippen LogP contribution in [0.4, 0.5) is 5.82 Å². The van der Waals surface area contributed by atoms with E-state index in [-0.39, 0.29) is 17.5 Å². The lowest BCUT2D eigenvalue weighted by Gasteiger charge is -2.36. The monoisotopic (exact) mass is 496 g/mol. The number of thiocarbonyl (C=S) groups is 1. The minimum atomic E-state index is -0.141. The zero-order valence-corrected chi connectivity index (χ0v) is 21.8. The van der Waals surface area contributed by atoms with E-state index in [1.807, 2.05) is 19.1 Å². The molecule has 34 heavy (non-hydrogen) atoms. The highest BCUT2D eigenvalue weighted by Gasteiger charge is 2.38. The zero-order chi connectivity index (χ0) is 24.0. The molecule has 3 aliphatic rings. The Hall–Kier alpha value is -2.19. The summed E-state index contributed by atoms with van der Waals surface area (Å²) in [5, 5.41) is 0. The first-order valence-electron chi connectivity index (χ1n) is 12.4. The topological polar surface area (TPSA) is 57.9 Å². The molecule has 0 N–H and O–H groups in total. The summed E-state index contributed by atoms with van der Waals surface area (Å²) >= 11 is 6.94. The SMILES string of the molecule is Cc1cccn2c(=O)c(/C=C3\SC(=S)N(C4CCCCC4)C3=O)c(N3C[C@@H](C)C[C@H](C)C3)nc12. The van der Waals surface area contributed by atoms with Crippen LogP contribution < -0.4 is 10.5 Å². The lowest BCUT2D eigenvalue weighted by atomic mass is 9.91. The Morgan fingerprint density at radius 3 is 2.53 bits per heavy atom. The molecule has 2 aromatic rings. The van der Waals surface area contributed by atoms with Gasteiger partial charge in [-0.25, -0.2) is 4.98 Å². The van der Waals surface area contributed by atoms with Gasteiger partial charge in [-0.05, 0) is 55.7 Å². The number of anilines is 1. The second kappa shape index (κ2) is 9.46. The van der Waals surface area contributed by atoms with Crippen LogP contribution >= 0.6 is 24.0 Å². The number of aromatic nitrogens is 2. The maximum atomic E-state index is 13.8. The molecule has 6 nitrogen and oxygen atoms in total. The minimum absolute atomic E-state index is 0.0676. The molecule has 0 radical (unpaired) electrons. The number of pyridine rings is 1. The Labute approximate surface area is 210 Å². The molecule has 2 aromatic heterocycles. The molecule has 0 spiro atoms. The van der Waals surface area contributed by atoms with E-state index < -0.39 is 0 Å². The highest BCUT2D eigenvalue weighted by atomic mass is 32.2. The van der Waals surface area contributed by atoms with Crippen molar-refractivity contribution in [2.75, 3.05) is 18.0 Å². The Kier molecular flexibility index (Phi) is 6.55. The molecule has 1 amide bonds. The third kappa shape index (κ3) is 4.31. The largest absolute Gasteiger partial charge is 0.355 e. The number of carbonyl (C=O) groups is 1. The van der Waals surface area contributed by atoms with Crippen molar-refractivity contribution in [2.45, 2.75) is 65.3 Å². The number of rotatable bonds is 3. The average Bonchev–Trinajstić information content (AvgIpc) is 3.08. The smallest absolute Gasteiger partial charge is 0.267 e. The van der Waals surface area contributed by atoms with Gasteiger partial charge in [0.15, 0.2) is 0 Å². The average molecular weight is 497 g/mol. The predicted molar refractivity (Wildman–Crippen MR) is 143 cm³/mol. The minimum Gasteiger partial charge on any atom is -0.355 e. The van der Waals surface area contributed by atoms with E-state index in [0.717, 1.165) is 50.8 Å². The van der Waals surface area contributed by atoms with Gasteiger partial charge in [0, 0.05) is 25.3 Å². The van der Waals surface area contributed by atoms with Crippen LogP contribution in [-0.4, -0.2) is 43.6 Å². The van der Waals surface area contributed by atoms with Gasteiger partial charge in [-0.2, -0.15) is 0 Å². The van der Waals surface area contributed by atoms with E-state index in [2.05, 4.69) is 18.7 Å². The van der Waals surface area contributed by atoms with E-state index in [1.54, 1.807) is 21.6 Å². The summed E-state index contributed by atoms with van der Waals surface area (Å²) in [6.45, 7) is 8.17. The summed E-state index contributed by atoms with van der Waals surface area (Å²) in [5.74, 6) is 1.64. The first-order chi connectivity index (χ1) is 16.3. The van der Waals surface area contributed by atoms with Crippen LogP contribution in [-0.2, 0) is 4.79 Å². The number of hydrogen-bond acceptors (Lipinski definition) is 6.